The highest BCUT2D eigenvalue weighted by Crippen LogP contribution is 2.28. The summed E-state index contributed by atoms with van der Waals surface area (Å²) in [5.41, 5.74) is 4.06. The molecule has 1 atom stereocenters. The fourth-order valence-corrected chi connectivity index (χ4v) is 1.64. The number of hydrogen-bond donors (Lipinski definition) is 0. The molecular formula is C13H14. The lowest BCUT2D eigenvalue weighted by molar-refractivity contribution is 0.937. The molecule has 2 aliphatic carbocycles. The van der Waals surface area contributed by atoms with Crippen LogP contribution in [0.2, 0.25) is 0 Å². The van der Waals surface area contributed by atoms with Gasteiger partial charge in [0.1, 0.15) is 0 Å². The summed E-state index contributed by atoms with van der Waals surface area (Å²) in [6.45, 7) is 4.35. The Morgan fingerprint density at radius 3 is 2.77 bits per heavy atom. The Balaban J connectivity index is 2.41. The van der Waals surface area contributed by atoms with Crippen LogP contribution in [-0.2, 0) is 0 Å². The molecule has 2 aliphatic rings. The van der Waals surface area contributed by atoms with E-state index in [1.54, 1.807) is 0 Å². The van der Waals surface area contributed by atoms with E-state index in [0.717, 1.165) is 0 Å². The Labute approximate surface area is 79.7 Å². The first-order valence-corrected chi connectivity index (χ1v) is 4.73. The Bertz CT molecular complexity index is 359. The lowest BCUT2D eigenvalue weighted by Crippen LogP contribution is -1.89. The van der Waals surface area contributed by atoms with E-state index in [1.807, 2.05) is 0 Å². The van der Waals surface area contributed by atoms with Crippen LogP contribution in [0.15, 0.2) is 59.3 Å². The molecule has 0 radical (unpaired) electrons. The zero-order valence-electron chi connectivity index (χ0n) is 8.12. The minimum absolute atomic E-state index is 0.541. The van der Waals surface area contributed by atoms with E-state index in [4.69, 9.17) is 0 Å². The summed E-state index contributed by atoms with van der Waals surface area (Å²) in [5, 5.41) is 0. The van der Waals surface area contributed by atoms with Crippen molar-refractivity contribution in [2.75, 3.05) is 0 Å². The molecule has 0 heterocycles. The second-order valence-electron chi connectivity index (χ2n) is 3.66. The van der Waals surface area contributed by atoms with Gasteiger partial charge < -0.3 is 0 Å². The summed E-state index contributed by atoms with van der Waals surface area (Å²) in [6, 6.07) is 0. The maximum Gasteiger partial charge on any atom is -0.00754 e. The zero-order chi connectivity index (χ0) is 9.26. The number of hydrogen-bond acceptors (Lipinski definition) is 0. The molecule has 0 aromatic heterocycles. The standard InChI is InChI=1S/C13H14/c1-10-4-3-5-13-11(2)7-9-12(13)8-6-10/h3-10H,1-2H3/b4-3-,8-6-,13-5?. The van der Waals surface area contributed by atoms with Crippen LogP contribution in [0.1, 0.15) is 13.8 Å². The molecule has 0 nitrogen and oxygen atoms in total. The normalized spacial score (nSPS) is 30.6. The zero-order valence-corrected chi connectivity index (χ0v) is 8.12. The van der Waals surface area contributed by atoms with Crippen molar-refractivity contribution in [3.63, 3.8) is 0 Å². The first-order valence-electron chi connectivity index (χ1n) is 4.73. The van der Waals surface area contributed by atoms with Crippen molar-refractivity contribution >= 4 is 0 Å². The van der Waals surface area contributed by atoms with Crippen molar-refractivity contribution in [2.45, 2.75) is 13.8 Å². The third-order valence-electron chi connectivity index (χ3n) is 2.51. The van der Waals surface area contributed by atoms with E-state index in [1.165, 1.54) is 16.7 Å². The summed E-state index contributed by atoms with van der Waals surface area (Å²) in [5.74, 6) is 0.541. The van der Waals surface area contributed by atoms with Gasteiger partial charge in [-0.15, -0.1) is 0 Å². The molecule has 13 heavy (non-hydrogen) atoms. The van der Waals surface area contributed by atoms with Crippen molar-refractivity contribution in [1.29, 1.82) is 0 Å². The Morgan fingerprint density at radius 1 is 1.08 bits per heavy atom. The molecule has 0 heteroatoms. The van der Waals surface area contributed by atoms with Gasteiger partial charge in [-0.3, -0.25) is 0 Å². The van der Waals surface area contributed by atoms with Crippen molar-refractivity contribution in [2.24, 2.45) is 5.92 Å². The number of fused-ring (bicyclic) bond motifs is 1. The molecular weight excluding hydrogens is 156 g/mol. The molecule has 0 saturated heterocycles. The molecule has 66 valence electrons. The third-order valence-corrected chi connectivity index (χ3v) is 2.51. The van der Waals surface area contributed by atoms with Gasteiger partial charge in [-0.2, -0.15) is 0 Å². The fraction of sp³-hybridized carbons (Fsp3) is 0.231. The monoisotopic (exact) mass is 170 g/mol. The average Bonchev–Trinajstić information content (AvgIpc) is 2.41. The molecule has 1 unspecified atom stereocenters. The van der Waals surface area contributed by atoms with Gasteiger partial charge in [0.25, 0.3) is 0 Å². The quantitative estimate of drug-likeness (QED) is 0.521. The van der Waals surface area contributed by atoms with Gasteiger partial charge in [0, 0.05) is 0 Å². The smallest absolute Gasteiger partial charge is 0.00754 e. The van der Waals surface area contributed by atoms with Gasteiger partial charge in [-0.25, -0.2) is 0 Å². The molecule has 0 aromatic rings. The van der Waals surface area contributed by atoms with E-state index >= 15 is 0 Å². The molecule has 0 bridgehead atoms. The van der Waals surface area contributed by atoms with Crippen LogP contribution in [0.3, 0.4) is 0 Å². The van der Waals surface area contributed by atoms with Gasteiger partial charge >= 0.3 is 0 Å². The van der Waals surface area contributed by atoms with E-state index in [-0.39, 0.29) is 0 Å². The van der Waals surface area contributed by atoms with Crippen LogP contribution >= 0.6 is 0 Å². The second-order valence-corrected chi connectivity index (χ2v) is 3.66. The fourth-order valence-electron chi connectivity index (χ4n) is 1.64. The molecule has 0 spiro atoms. The Hall–Kier alpha value is -1.30. The van der Waals surface area contributed by atoms with Crippen LogP contribution < -0.4 is 0 Å². The molecule has 0 saturated carbocycles. The topological polar surface area (TPSA) is 0 Å². The van der Waals surface area contributed by atoms with Crippen molar-refractivity contribution in [3.05, 3.63) is 59.3 Å². The first kappa shape index (κ1) is 8.31. The minimum atomic E-state index is 0.541. The minimum Gasteiger partial charge on any atom is -0.0779 e. The van der Waals surface area contributed by atoms with E-state index in [2.05, 4.69) is 56.4 Å². The van der Waals surface area contributed by atoms with Crippen LogP contribution in [0.4, 0.5) is 0 Å². The predicted octanol–water partition coefficient (Wildman–Crippen LogP) is 3.56. The summed E-state index contributed by atoms with van der Waals surface area (Å²) in [7, 11) is 0. The summed E-state index contributed by atoms with van der Waals surface area (Å²) >= 11 is 0. The molecule has 0 aliphatic heterocycles. The Morgan fingerprint density at radius 2 is 1.92 bits per heavy atom. The van der Waals surface area contributed by atoms with Gasteiger partial charge in [0.05, 0.1) is 0 Å². The summed E-state index contributed by atoms with van der Waals surface area (Å²) in [6.07, 6.45) is 15.4. The van der Waals surface area contributed by atoms with E-state index in [9.17, 15) is 0 Å². The average molecular weight is 170 g/mol. The Kier molecular flexibility index (Phi) is 2.05. The van der Waals surface area contributed by atoms with Gasteiger partial charge in [-0.1, -0.05) is 49.5 Å². The maximum atomic E-state index is 2.24. The lowest BCUT2D eigenvalue weighted by atomic mass is 9.99. The van der Waals surface area contributed by atoms with E-state index < -0.39 is 0 Å². The van der Waals surface area contributed by atoms with Gasteiger partial charge in [0.15, 0.2) is 0 Å². The molecule has 0 fully saturated rings. The molecule has 0 aromatic carbocycles. The SMILES string of the molecule is CC1=CC=C2/C=C\C(C)/C=C\C=C12. The maximum absolute atomic E-state index is 2.24. The highest BCUT2D eigenvalue weighted by atomic mass is 14.1. The lowest BCUT2D eigenvalue weighted by Gasteiger charge is -2.06. The van der Waals surface area contributed by atoms with Crippen molar-refractivity contribution in [1.82, 2.24) is 0 Å². The predicted molar refractivity (Wildman–Crippen MR) is 57.4 cm³/mol. The highest BCUT2D eigenvalue weighted by Gasteiger charge is 2.09. The molecule has 0 amide bonds. The summed E-state index contributed by atoms with van der Waals surface area (Å²) < 4.78 is 0. The highest BCUT2D eigenvalue weighted by molar-refractivity contribution is 5.60. The van der Waals surface area contributed by atoms with Crippen molar-refractivity contribution < 1.29 is 0 Å². The molecule has 2 rings (SSSR count). The van der Waals surface area contributed by atoms with Crippen LogP contribution in [0, 0.1) is 5.92 Å². The largest absolute Gasteiger partial charge is 0.0779 e. The van der Waals surface area contributed by atoms with Gasteiger partial charge in [0.2, 0.25) is 0 Å². The molecule has 0 N–H and O–H groups in total. The van der Waals surface area contributed by atoms with Crippen LogP contribution in [0.25, 0.3) is 0 Å². The van der Waals surface area contributed by atoms with Crippen LogP contribution in [-0.4, -0.2) is 0 Å². The third kappa shape index (κ3) is 1.57. The number of allylic oxidation sites excluding steroid dienone is 10. The van der Waals surface area contributed by atoms with E-state index in [0.29, 0.717) is 5.92 Å². The summed E-state index contributed by atoms with van der Waals surface area (Å²) in [4.78, 5) is 0. The van der Waals surface area contributed by atoms with Gasteiger partial charge in [-0.05, 0) is 29.6 Å². The first-order chi connectivity index (χ1) is 6.27. The van der Waals surface area contributed by atoms with Crippen LogP contribution in [0.5, 0.6) is 0 Å². The van der Waals surface area contributed by atoms with Crippen molar-refractivity contribution in [3.8, 4) is 0 Å². The second kappa shape index (κ2) is 3.21. The number of rotatable bonds is 0.